The average molecular weight is 396 g/mol. The highest BCUT2D eigenvalue weighted by atomic mass is 35.5. The number of rotatable bonds is 15. The van der Waals surface area contributed by atoms with E-state index in [1.807, 2.05) is 0 Å². The average Bonchev–Trinajstić information content (AvgIpc) is 2.99. The summed E-state index contributed by atoms with van der Waals surface area (Å²) in [5.41, 5.74) is 6.89. The smallest absolute Gasteiger partial charge is 0.174 e. The van der Waals surface area contributed by atoms with Crippen molar-refractivity contribution in [3.8, 4) is 0 Å². The molecule has 0 bridgehead atoms. The first-order chi connectivity index (χ1) is 13.2. The van der Waals surface area contributed by atoms with Gasteiger partial charge in [-0.1, -0.05) is 90.4 Å². The summed E-state index contributed by atoms with van der Waals surface area (Å²) in [6, 6.07) is 0. The zero-order chi connectivity index (χ0) is 19.3. The molecule has 0 spiro atoms. The predicted molar refractivity (Wildman–Crippen MR) is 117 cm³/mol. The van der Waals surface area contributed by atoms with E-state index < -0.39 is 0 Å². The highest BCUT2D eigenvalue weighted by Crippen LogP contribution is 2.38. The number of nitrogen functional groups attached to an aromatic ring is 1. The van der Waals surface area contributed by atoms with Crippen LogP contribution in [0.3, 0.4) is 0 Å². The third kappa shape index (κ3) is 7.73. The fourth-order valence-corrected chi connectivity index (χ4v) is 4.08. The summed E-state index contributed by atoms with van der Waals surface area (Å²) >= 11 is 6.22. The monoisotopic (exact) mass is 395 g/mol. The van der Waals surface area contributed by atoms with Crippen LogP contribution in [0.2, 0.25) is 0 Å². The largest absolute Gasteiger partial charge is 0.382 e. The van der Waals surface area contributed by atoms with Crippen LogP contribution in [0.15, 0.2) is 6.33 Å². The lowest BCUT2D eigenvalue weighted by Gasteiger charge is -2.18. The van der Waals surface area contributed by atoms with Crippen molar-refractivity contribution in [2.24, 2.45) is 0 Å². The number of unbranched alkanes of at least 4 members (excludes halogenated alkanes) is 13. The Labute approximate surface area is 170 Å². The molecule has 154 valence electrons. The minimum Gasteiger partial charge on any atom is -0.382 e. The van der Waals surface area contributed by atoms with Crippen molar-refractivity contribution in [3.63, 3.8) is 0 Å². The fourth-order valence-electron chi connectivity index (χ4n) is 3.83. The Morgan fingerprint density at radius 1 is 0.852 bits per heavy atom. The molecule has 0 saturated heterocycles. The summed E-state index contributed by atoms with van der Waals surface area (Å²) in [6.07, 6.45) is 20.7. The van der Waals surface area contributed by atoms with Crippen molar-refractivity contribution < 1.29 is 0 Å². The summed E-state index contributed by atoms with van der Waals surface area (Å²) in [7, 11) is 0. The standard InChI is InChI=1S/C21H38ClN5/c1-2-3-4-5-6-7-8-9-10-11-12-13-14-15-16-26-18-27(22)21-19(26)20(23)24-17-25-21/h17H,2-16,18H2,1H3,(H2,23,24,25). The topological polar surface area (TPSA) is 58.3 Å². The molecular weight excluding hydrogens is 358 g/mol. The van der Waals surface area contributed by atoms with Crippen molar-refractivity contribution in [1.29, 1.82) is 0 Å². The van der Waals surface area contributed by atoms with E-state index in [0.717, 1.165) is 24.5 Å². The number of halogens is 1. The first-order valence-electron chi connectivity index (χ1n) is 11.0. The Balaban J connectivity index is 1.43. The van der Waals surface area contributed by atoms with Crippen LogP contribution in [-0.4, -0.2) is 23.2 Å². The van der Waals surface area contributed by atoms with E-state index >= 15 is 0 Å². The van der Waals surface area contributed by atoms with Gasteiger partial charge in [-0.3, -0.25) is 0 Å². The second-order valence-corrected chi connectivity index (χ2v) is 8.20. The Morgan fingerprint density at radius 3 is 1.93 bits per heavy atom. The SMILES string of the molecule is CCCCCCCCCCCCCCCCN1CN(Cl)c2ncnc(N)c21. The van der Waals surface area contributed by atoms with Crippen LogP contribution in [0.25, 0.3) is 0 Å². The van der Waals surface area contributed by atoms with E-state index in [1.54, 1.807) is 4.42 Å². The molecule has 2 heterocycles. The van der Waals surface area contributed by atoms with Crippen LogP contribution >= 0.6 is 11.8 Å². The number of anilines is 3. The summed E-state index contributed by atoms with van der Waals surface area (Å²) in [4.78, 5) is 10.5. The second kappa shape index (κ2) is 13.0. The summed E-state index contributed by atoms with van der Waals surface area (Å²) in [5, 5.41) is 0. The number of aromatic nitrogens is 2. The summed E-state index contributed by atoms with van der Waals surface area (Å²) in [5.74, 6) is 1.25. The molecule has 0 aromatic carbocycles. The lowest BCUT2D eigenvalue weighted by atomic mass is 10.0. The molecule has 0 aliphatic carbocycles. The normalized spacial score (nSPS) is 13.4. The van der Waals surface area contributed by atoms with E-state index in [9.17, 15) is 0 Å². The van der Waals surface area contributed by atoms with Crippen LogP contribution in [-0.2, 0) is 0 Å². The minimum atomic E-state index is 0.522. The van der Waals surface area contributed by atoms with Gasteiger partial charge in [-0.05, 0) is 6.42 Å². The van der Waals surface area contributed by atoms with Crippen LogP contribution in [0.4, 0.5) is 17.3 Å². The predicted octanol–water partition coefficient (Wildman–Crippen LogP) is 6.28. The van der Waals surface area contributed by atoms with Gasteiger partial charge in [0, 0.05) is 18.3 Å². The Bertz CT molecular complexity index is 525. The van der Waals surface area contributed by atoms with E-state index in [0.29, 0.717) is 12.5 Å². The number of hydrogen-bond donors (Lipinski definition) is 1. The summed E-state index contributed by atoms with van der Waals surface area (Å²) in [6.45, 7) is 3.88. The maximum absolute atomic E-state index is 6.22. The molecule has 0 unspecified atom stereocenters. The Kier molecular flexibility index (Phi) is 10.6. The van der Waals surface area contributed by atoms with Gasteiger partial charge in [-0.15, -0.1) is 0 Å². The zero-order valence-electron chi connectivity index (χ0n) is 17.1. The lowest BCUT2D eigenvalue weighted by Crippen LogP contribution is -2.27. The lowest BCUT2D eigenvalue weighted by molar-refractivity contribution is 0.535. The van der Waals surface area contributed by atoms with Gasteiger partial charge in [-0.25, -0.2) is 14.4 Å². The zero-order valence-corrected chi connectivity index (χ0v) is 17.9. The highest BCUT2D eigenvalue weighted by Gasteiger charge is 2.28. The second-order valence-electron chi connectivity index (χ2n) is 7.79. The molecule has 5 nitrogen and oxygen atoms in total. The molecule has 2 N–H and O–H groups in total. The molecule has 6 heteroatoms. The van der Waals surface area contributed by atoms with E-state index in [-0.39, 0.29) is 0 Å². The van der Waals surface area contributed by atoms with Gasteiger partial charge >= 0.3 is 0 Å². The van der Waals surface area contributed by atoms with E-state index in [2.05, 4.69) is 21.8 Å². The van der Waals surface area contributed by atoms with E-state index in [4.69, 9.17) is 17.5 Å². The van der Waals surface area contributed by atoms with Crippen molar-refractivity contribution in [2.75, 3.05) is 28.3 Å². The van der Waals surface area contributed by atoms with Crippen molar-refractivity contribution >= 4 is 29.1 Å². The van der Waals surface area contributed by atoms with Gasteiger partial charge in [0.25, 0.3) is 0 Å². The van der Waals surface area contributed by atoms with Crippen molar-refractivity contribution in [2.45, 2.75) is 96.8 Å². The minimum absolute atomic E-state index is 0.522. The van der Waals surface area contributed by atoms with Gasteiger partial charge in [-0.2, -0.15) is 0 Å². The molecule has 27 heavy (non-hydrogen) atoms. The highest BCUT2D eigenvalue weighted by molar-refractivity contribution is 6.27. The molecule has 1 aromatic heterocycles. The third-order valence-electron chi connectivity index (χ3n) is 5.45. The van der Waals surface area contributed by atoms with Gasteiger partial charge in [0.15, 0.2) is 11.6 Å². The molecular formula is C21H38ClN5. The first-order valence-corrected chi connectivity index (χ1v) is 11.4. The maximum Gasteiger partial charge on any atom is 0.174 e. The molecule has 0 amide bonds. The number of hydrogen-bond acceptors (Lipinski definition) is 5. The molecule has 0 radical (unpaired) electrons. The van der Waals surface area contributed by atoms with Gasteiger partial charge < -0.3 is 10.6 Å². The van der Waals surface area contributed by atoms with Crippen molar-refractivity contribution in [1.82, 2.24) is 9.97 Å². The molecule has 0 fully saturated rings. The summed E-state index contributed by atoms with van der Waals surface area (Å²) < 4.78 is 1.62. The van der Waals surface area contributed by atoms with Crippen LogP contribution in [0.1, 0.15) is 96.8 Å². The molecule has 1 aliphatic rings. The van der Waals surface area contributed by atoms with Crippen LogP contribution < -0.4 is 15.1 Å². The first kappa shape index (κ1) is 22.1. The van der Waals surface area contributed by atoms with Crippen LogP contribution in [0.5, 0.6) is 0 Å². The molecule has 0 atom stereocenters. The number of fused-ring (bicyclic) bond motifs is 1. The quantitative estimate of drug-likeness (QED) is 0.280. The fraction of sp³-hybridized carbons (Fsp3) is 0.810. The van der Waals surface area contributed by atoms with Crippen LogP contribution in [0, 0.1) is 0 Å². The number of nitrogens with two attached hydrogens (primary N) is 1. The molecule has 1 aliphatic heterocycles. The maximum atomic E-state index is 6.22. The van der Waals surface area contributed by atoms with E-state index in [1.165, 1.54) is 89.8 Å². The molecule has 2 rings (SSSR count). The molecule has 0 saturated carbocycles. The number of nitrogens with zero attached hydrogens (tertiary/aromatic N) is 4. The Hall–Kier alpha value is -1.23. The molecule has 1 aromatic rings. The van der Waals surface area contributed by atoms with Gasteiger partial charge in [0.1, 0.15) is 18.7 Å². The van der Waals surface area contributed by atoms with Gasteiger partial charge in [0.05, 0.1) is 0 Å². The van der Waals surface area contributed by atoms with Gasteiger partial charge in [0.2, 0.25) is 0 Å². The third-order valence-corrected chi connectivity index (χ3v) is 5.72. The van der Waals surface area contributed by atoms with Crippen molar-refractivity contribution in [3.05, 3.63) is 6.33 Å². The Morgan fingerprint density at radius 2 is 1.37 bits per heavy atom.